The molecule has 3 nitrogen and oxygen atoms in total. The van der Waals surface area contributed by atoms with E-state index in [-0.39, 0.29) is 11.2 Å². The van der Waals surface area contributed by atoms with Crippen molar-refractivity contribution in [3.63, 3.8) is 0 Å². The predicted molar refractivity (Wildman–Crippen MR) is 66.0 cm³/mol. The van der Waals surface area contributed by atoms with Crippen LogP contribution in [0.5, 0.6) is 0 Å². The molecule has 0 fully saturated rings. The molecule has 0 aliphatic rings. The number of hydrogen-bond donors (Lipinski definition) is 0. The number of hydrogen-bond acceptors (Lipinski definition) is 2. The van der Waals surface area contributed by atoms with E-state index < -0.39 is 23.8 Å². The highest BCUT2D eigenvalue weighted by Gasteiger charge is 2.48. The Hall–Kier alpha value is -1.33. The summed E-state index contributed by atoms with van der Waals surface area (Å²) in [5, 5.41) is 4.05. The van der Waals surface area contributed by atoms with E-state index in [0.717, 1.165) is 13.8 Å². The van der Waals surface area contributed by atoms with Gasteiger partial charge in [-0.3, -0.25) is 9.48 Å². The molecule has 0 amide bonds. The molecule has 0 atom stereocenters. The molecule has 0 spiro atoms. The van der Waals surface area contributed by atoms with Crippen molar-refractivity contribution in [2.24, 2.45) is 5.41 Å². The summed E-state index contributed by atoms with van der Waals surface area (Å²) in [5.74, 6) is -0.592. The van der Waals surface area contributed by atoms with Crippen LogP contribution >= 0.6 is 0 Å². The van der Waals surface area contributed by atoms with E-state index in [1.807, 2.05) is 20.8 Å². The van der Waals surface area contributed by atoms with Crippen LogP contribution in [0.3, 0.4) is 0 Å². The van der Waals surface area contributed by atoms with Crippen LogP contribution in [-0.4, -0.2) is 21.7 Å². The maximum atomic E-state index is 12.7. The van der Waals surface area contributed by atoms with Gasteiger partial charge in [0.25, 0.3) is 0 Å². The molecule has 0 bridgehead atoms. The first-order valence-electron chi connectivity index (χ1n) is 6.01. The molecule has 0 unspecified atom stereocenters. The number of Topliss-reactive ketones (excluding diaryl/α,β-unsaturated/α-hetero) is 1. The summed E-state index contributed by atoms with van der Waals surface area (Å²) >= 11 is 0. The van der Waals surface area contributed by atoms with Gasteiger partial charge in [-0.1, -0.05) is 13.8 Å². The third-order valence-corrected chi connectivity index (χ3v) is 2.93. The molecular weight excluding hydrogens is 257 g/mol. The summed E-state index contributed by atoms with van der Waals surface area (Å²) in [6, 6.07) is 1.46. The van der Waals surface area contributed by atoms with Crippen LogP contribution in [0, 0.1) is 5.41 Å². The number of halogens is 3. The predicted octanol–water partition coefficient (Wildman–Crippen LogP) is 3.80. The van der Waals surface area contributed by atoms with Gasteiger partial charge in [0.15, 0.2) is 5.78 Å². The molecule has 0 N–H and O–H groups in total. The number of nitrogens with zero attached hydrogens (tertiary/aromatic N) is 2. The van der Waals surface area contributed by atoms with Crippen LogP contribution in [0.1, 0.15) is 51.5 Å². The van der Waals surface area contributed by atoms with Gasteiger partial charge in [0.1, 0.15) is 5.69 Å². The summed E-state index contributed by atoms with van der Waals surface area (Å²) < 4.78 is 39.7. The maximum absolute atomic E-state index is 12.7. The third kappa shape index (κ3) is 3.58. The zero-order chi connectivity index (χ0) is 15.1. The number of aromatic nitrogens is 2. The number of ketones is 1. The van der Waals surface area contributed by atoms with Crippen molar-refractivity contribution in [2.45, 2.75) is 52.8 Å². The van der Waals surface area contributed by atoms with E-state index in [4.69, 9.17) is 0 Å². The van der Waals surface area contributed by atoms with Crippen molar-refractivity contribution in [3.05, 3.63) is 18.0 Å². The molecule has 1 aromatic heterocycles. The molecule has 1 rings (SSSR count). The summed E-state index contributed by atoms with van der Waals surface area (Å²) in [6.45, 7) is 7.73. The first-order chi connectivity index (χ1) is 8.34. The highest BCUT2D eigenvalue weighted by atomic mass is 19.4. The second-order valence-electron chi connectivity index (χ2n) is 6.30. The van der Waals surface area contributed by atoms with E-state index in [9.17, 15) is 18.0 Å². The van der Waals surface area contributed by atoms with Crippen molar-refractivity contribution in [2.75, 3.05) is 0 Å². The van der Waals surface area contributed by atoms with Crippen molar-refractivity contribution < 1.29 is 18.0 Å². The Morgan fingerprint density at radius 3 is 2.11 bits per heavy atom. The molecular formula is C13H19F3N2O. The van der Waals surface area contributed by atoms with Crippen LogP contribution < -0.4 is 0 Å². The minimum absolute atomic E-state index is 0.0762. The van der Waals surface area contributed by atoms with E-state index in [0.29, 0.717) is 0 Å². The highest BCUT2D eigenvalue weighted by molar-refractivity contribution is 5.94. The summed E-state index contributed by atoms with van der Waals surface area (Å²) in [6.07, 6.45) is -3.40. The normalized spacial score (nSPS) is 13.7. The van der Waals surface area contributed by atoms with Crippen LogP contribution in [-0.2, 0) is 5.54 Å². The molecule has 6 heteroatoms. The number of rotatable bonds is 3. The second-order valence-corrected chi connectivity index (χ2v) is 6.30. The minimum Gasteiger partial charge on any atom is -0.292 e. The Morgan fingerprint density at radius 1 is 1.21 bits per heavy atom. The van der Waals surface area contributed by atoms with Gasteiger partial charge in [0, 0.05) is 12.6 Å². The molecule has 0 radical (unpaired) electrons. The van der Waals surface area contributed by atoms with Gasteiger partial charge in [-0.25, -0.2) is 0 Å². The fraction of sp³-hybridized carbons (Fsp3) is 0.692. The molecule has 0 aliphatic carbocycles. The Labute approximate surface area is 110 Å². The van der Waals surface area contributed by atoms with Gasteiger partial charge in [-0.05, 0) is 26.8 Å². The van der Waals surface area contributed by atoms with Crippen LogP contribution in [0.25, 0.3) is 0 Å². The van der Waals surface area contributed by atoms with Gasteiger partial charge in [-0.2, -0.15) is 18.3 Å². The SMILES string of the molecule is CC(C)(C)n1ccc(C(=O)CC(C)(C)C(F)(F)F)n1. The largest absolute Gasteiger partial charge is 0.394 e. The molecule has 1 aromatic rings. The Bertz CT molecular complexity index is 467. The van der Waals surface area contributed by atoms with Crippen LogP contribution in [0.4, 0.5) is 13.2 Å². The zero-order valence-electron chi connectivity index (χ0n) is 11.8. The van der Waals surface area contributed by atoms with E-state index in [2.05, 4.69) is 5.10 Å². The summed E-state index contributed by atoms with van der Waals surface area (Å²) in [7, 11) is 0. The topological polar surface area (TPSA) is 34.9 Å². The molecule has 108 valence electrons. The Morgan fingerprint density at radius 2 is 1.74 bits per heavy atom. The van der Waals surface area contributed by atoms with Gasteiger partial charge in [0.2, 0.25) is 0 Å². The van der Waals surface area contributed by atoms with Gasteiger partial charge in [-0.15, -0.1) is 0 Å². The fourth-order valence-electron chi connectivity index (χ4n) is 1.44. The smallest absolute Gasteiger partial charge is 0.292 e. The lowest BCUT2D eigenvalue weighted by molar-refractivity contribution is -0.210. The molecule has 0 saturated carbocycles. The average molecular weight is 276 g/mol. The number of alkyl halides is 3. The fourth-order valence-corrected chi connectivity index (χ4v) is 1.44. The van der Waals surface area contributed by atoms with Gasteiger partial charge in [0.05, 0.1) is 11.0 Å². The summed E-state index contributed by atoms with van der Waals surface area (Å²) in [4.78, 5) is 11.9. The van der Waals surface area contributed by atoms with Crippen molar-refractivity contribution in [1.82, 2.24) is 9.78 Å². The number of carbonyl (C=O) groups excluding carboxylic acids is 1. The van der Waals surface area contributed by atoms with E-state index in [1.165, 1.54) is 6.07 Å². The first-order valence-corrected chi connectivity index (χ1v) is 6.01. The lowest BCUT2D eigenvalue weighted by Crippen LogP contribution is -2.34. The maximum Gasteiger partial charge on any atom is 0.394 e. The van der Waals surface area contributed by atoms with E-state index >= 15 is 0 Å². The summed E-state index contributed by atoms with van der Waals surface area (Å²) in [5.41, 5.74) is -2.28. The first kappa shape index (κ1) is 15.7. The van der Waals surface area contributed by atoms with Gasteiger partial charge < -0.3 is 0 Å². The Balaban J connectivity index is 2.89. The van der Waals surface area contributed by atoms with Crippen LogP contribution in [0.2, 0.25) is 0 Å². The molecule has 1 heterocycles. The third-order valence-electron chi connectivity index (χ3n) is 2.93. The standard InChI is InChI=1S/C13H19F3N2O/c1-11(2,3)18-7-6-9(17-18)10(19)8-12(4,5)13(14,15)16/h6-7H,8H2,1-5H3. The molecule has 0 aromatic carbocycles. The van der Waals surface area contributed by atoms with Crippen LogP contribution in [0.15, 0.2) is 12.3 Å². The monoisotopic (exact) mass is 276 g/mol. The number of carbonyl (C=O) groups is 1. The van der Waals surface area contributed by atoms with Crippen molar-refractivity contribution in [1.29, 1.82) is 0 Å². The zero-order valence-corrected chi connectivity index (χ0v) is 11.8. The molecule has 19 heavy (non-hydrogen) atoms. The molecule has 0 aliphatic heterocycles. The van der Waals surface area contributed by atoms with E-state index in [1.54, 1.807) is 10.9 Å². The van der Waals surface area contributed by atoms with Gasteiger partial charge >= 0.3 is 6.18 Å². The van der Waals surface area contributed by atoms with Crippen molar-refractivity contribution >= 4 is 5.78 Å². The second kappa shape index (κ2) is 4.65. The Kier molecular flexibility index (Phi) is 3.85. The average Bonchev–Trinajstić information content (AvgIpc) is 2.62. The lowest BCUT2D eigenvalue weighted by atomic mass is 9.86. The quantitative estimate of drug-likeness (QED) is 0.787. The highest BCUT2D eigenvalue weighted by Crippen LogP contribution is 2.40. The molecule has 0 saturated heterocycles. The lowest BCUT2D eigenvalue weighted by Gasteiger charge is -2.26. The minimum atomic E-state index is -4.41. The van der Waals surface area contributed by atoms with Crippen molar-refractivity contribution in [3.8, 4) is 0 Å².